The van der Waals surface area contributed by atoms with E-state index in [-0.39, 0.29) is 0 Å². The van der Waals surface area contributed by atoms with Gasteiger partial charge in [0.15, 0.2) is 0 Å². The molecular weight excluding hydrogens is 484 g/mol. The number of fused-ring (bicyclic) bond motifs is 1. The zero-order valence-corrected chi connectivity index (χ0v) is 26.1. The lowest BCUT2D eigenvalue weighted by Gasteiger charge is -2.49. The maximum absolute atomic E-state index is 4.29. The summed E-state index contributed by atoms with van der Waals surface area (Å²) in [4.78, 5) is 0. The summed E-state index contributed by atoms with van der Waals surface area (Å²) in [7, 11) is 0. The third-order valence-electron chi connectivity index (χ3n) is 12.8. The molecule has 2 N–H and O–H groups in total. The summed E-state index contributed by atoms with van der Waals surface area (Å²) in [5.41, 5.74) is 0. The molecule has 0 spiro atoms. The lowest BCUT2D eigenvalue weighted by Crippen LogP contribution is -2.56. The molecule has 40 heavy (non-hydrogen) atoms. The van der Waals surface area contributed by atoms with Crippen LogP contribution in [0.25, 0.3) is 0 Å². The molecule has 6 fully saturated rings. The van der Waals surface area contributed by atoms with Gasteiger partial charge in [0.1, 0.15) is 0 Å². The van der Waals surface area contributed by atoms with E-state index in [1.165, 1.54) is 154 Å². The molecule has 6 saturated carbocycles. The highest BCUT2D eigenvalue weighted by Crippen LogP contribution is 2.42. The van der Waals surface area contributed by atoms with Crippen LogP contribution in [0.3, 0.4) is 0 Å². The van der Waals surface area contributed by atoms with E-state index < -0.39 is 0 Å². The van der Waals surface area contributed by atoms with Crippen molar-refractivity contribution < 1.29 is 0 Å². The van der Waals surface area contributed by atoms with Crippen LogP contribution < -0.4 is 10.6 Å². The number of allylic oxidation sites excluding steroid dienone is 4. The first-order chi connectivity index (χ1) is 19.8. The van der Waals surface area contributed by atoms with Gasteiger partial charge in [0.05, 0.1) is 0 Å². The zero-order chi connectivity index (χ0) is 27.0. The average Bonchev–Trinajstić information content (AvgIpc) is 3.02. The summed E-state index contributed by atoms with van der Waals surface area (Å²) in [5.74, 6) is 5.38. The number of hydrogen-bond acceptors (Lipinski definition) is 2. The molecule has 0 aliphatic heterocycles. The summed E-state index contributed by atoms with van der Waals surface area (Å²) < 4.78 is 0. The zero-order valence-electron chi connectivity index (χ0n) is 26.1. The maximum Gasteiger partial charge on any atom is 0.0102 e. The second kappa shape index (κ2) is 15.2. The van der Waals surface area contributed by atoms with Crippen LogP contribution in [0.5, 0.6) is 0 Å². The standard InChI is InChI=1S/C38H64N2/c1-3-9-29(10-4-1)15-17-31-19-23-33(24-20-31)39-37-27-28-38(36-14-8-7-13-35(36)37)40-34-25-21-32(22-26-34)18-16-30-11-5-2-6-12-30/h15-18,29-40H,1-14,19-28H2/b17-15+,18-16+. The van der Waals surface area contributed by atoms with Gasteiger partial charge in [0.2, 0.25) is 0 Å². The second-order valence-electron chi connectivity index (χ2n) is 15.5. The highest BCUT2D eigenvalue weighted by Gasteiger charge is 2.42. The van der Waals surface area contributed by atoms with Crippen molar-refractivity contribution in [3.63, 3.8) is 0 Å². The van der Waals surface area contributed by atoms with E-state index in [1.807, 2.05) is 0 Å². The van der Waals surface area contributed by atoms with E-state index >= 15 is 0 Å². The van der Waals surface area contributed by atoms with Crippen molar-refractivity contribution in [1.82, 2.24) is 10.6 Å². The van der Waals surface area contributed by atoms with Gasteiger partial charge in [-0.2, -0.15) is 0 Å². The van der Waals surface area contributed by atoms with E-state index in [0.29, 0.717) is 0 Å². The van der Waals surface area contributed by atoms with Gasteiger partial charge in [0.25, 0.3) is 0 Å². The highest BCUT2D eigenvalue weighted by molar-refractivity contribution is 5.01. The summed E-state index contributed by atoms with van der Waals surface area (Å²) in [6.45, 7) is 0. The van der Waals surface area contributed by atoms with Crippen molar-refractivity contribution >= 4 is 0 Å². The number of nitrogens with one attached hydrogen (secondary N) is 2. The van der Waals surface area contributed by atoms with Gasteiger partial charge in [-0.15, -0.1) is 0 Å². The second-order valence-corrected chi connectivity index (χ2v) is 15.5. The molecule has 6 aliphatic rings. The van der Waals surface area contributed by atoms with Crippen molar-refractivity contribution in [2.45, 2.75) is 178 Å². The van der Waals surface area contributed by atoms with E-state index in [2.05, 4.69) is 34.9 Å². The molecule has 0 heterocycles. The van der Waals surface area contributed by atoms with Crippen LogP contribution in [0.1, 0.15) is 154 Å². The first kappa shape index (κ1) is 29.5. The Labute approximate surface area is 248 Å². The Morgan fingerprint density at radius 2 is 0.625 bits per heavy atom. The predicted molar refractivity (Wildman–Crippen MR) is 171 cm³/mol. The topological polar surface area (TPSA) is 24.1 Å². The molecule has 6 aliphatic carbocycles. The van der Waals surface area contributed by atoms with Crippen LogP contribution in [-0.4, -0.2) is 24.2 Å². The Hall–Kier alpha value is -0.600. The van der Waals surface area contributed by atoms with Crippen molar-refractivity contribution in [2.75, 3.05) is 0 Å². The Kier molecular flexibility index (Phi) is 11.2. The van der Waals surface area contributed by atoms with E-state index in [9.17, 15) is 0 Å². The largest absolute Gasteiger partial charge is 0.311 e. The first-order valence-corrected chi connectivity index (χ1v) is 18.7. The van der Waals surface area contributed by atoms with E-state index in [1.54, 1.807) is 0 Å². The summed E-state index contributed by atoms with van der Waals surface area (Å²) in [5, 5.41) is 8.59. The smallest absolute Gasteiger partial charge is 0.0102 e. The number of rotatable bonds is 8. The van der Waals surface area contributed by atoms with E-state index in [0.717, 1.165) is 59.7 Å². The van der Waals surface area contributed by atoms with Crippen molar-refractivity contribution in [3.8, 4) is 0 Å². The Morgan fingerprint density at radius 1 is 0.300 bits per heavy atom. The van der Waals surface area contributed by atoms with Crippen molar-refractivity contribution in [3.05, 3.63) is 24.3 Å². The van der Waals surface area contributed by atoms with Gasteiger partial charge in [0, 0.05) is 24.2 Å². The van der Waals surface area contributed by atoms with Crippen LogP contribution >= 0.6 is 0 Å². The molecule has 2 heteroatoms. The molecule has 0 aromatic rings. The molecule has 0 bridgehead atoms. The molecule has 0 amide bonds. The molecule has 0 saturated heterocycles. The maximum atomic E-state index is 4.29. The molecule has 4 atom stereocenters. The highest BCUT2D eigenvalue weighted by atomic mass is 15.0. The van der Waals surface area contributed by atoms with Gasteiger partial charge in [-0.05, 0) is 138 Å². The van der Waals surface area contributed by atoms with Crippen molar-refractivity contribution in [2.24, 2.45) is 35.5 Å². The molecule has 226 valence electrons. The fourth-order valence-corrected chi connectivity index (χ4v) is 10.2. The summed E-state index contributed by atoms with van der Waals surface area (Å²) >= 11 is 0. The Bertz CT molecular complexity index is 707. The first-order valence-electron chi connectivity index (χ1n) is 18.7. The van der Waals surface area contributed by atoms with Crippen LogP contribution in [0.2, 0.25) is 0 Å². The number of hydrogen-bond donors (Lipinski definition) is 2. The van der Waals surface area contributed by atoms with Crippen LogP contribution in [0.4, 0.5) is 0 Å². The van der Waals surface area contributed by atoms with Crippen LogP contribution in [0.15, 0.2) is 24.3 Å². The summed E-state index contributed by atoms with van der Waals surface area (Å²) in [6.07, 6.45) is 45.2. The van der Waals surface area contributed by atoms with Gasteiger partial charge in [-0.3, -0.25) is 0 Å². The van der Waals surface area contributed by atoms with Crippen LogP contribution in [-0.2, 0) is 0 Å². The Balaban J connectivity index is 0.930. The van der Waals surface area contributed by atoms with Crippen molar-refractivity contribution in [1.29, 1.82) is 0 Å². The molecule has 0 radical (unpaired) electrons. The third kappa shape index (κ3) is 8.27. The normalized spacial score (nSPS) is 40.9. The lowest BCUT2D eigenvalue weighted by atomic mass is 9.65. The van der Waals surface area contributed by atoms with Gasteiger partial charge < -0.3 is 10.6 Å². The van der Waals surface area contributed by atoms with Gasteiger partial charge in [-0.1, -0.05) is 75.7 Å². The van der Waals surface area contributed by atoms with Gasteiger partial charge >= 0.3 is 0 Å². The molecule has 0 aromatic heterocycles. The van der Waals surface area contributed by atoms with Crippen LogP contribution in [0, 0.1) is 35.5 Å². The fraction of sp³-hybridized carbons (Fsp3) is 0.895. The monoisotopic (exact) mass is 549 g/mol. The van der Waals surface area contributed by atoms with Gasteiger partial charge in [-0.25, -0.2) is 0 Å². The Morgan fingerprint density at radius 3 is 1.00 bits per heavy atom. The average molecular weight is 549 g/mol. The molecular formula is C38H64N2. The van der Waals surface area contributed by atoms with E-state index in [4.69, 9.17) is 0 Å². The molecule has 4 unspecified atom stereocenters. The minimum Gasteiger partial charge on any atom is -0.311 e. The SMILES string of the molecule is C(=C\C1CCC(NC2CCC(NC3CCC(/C=C/C4CCCCC4)CC3)C3CCCCC23)CC1)/C1CCCCC1. The lowest BCUT2D eigenvalue weighted by molar-refractivity contribution is 0.0713. The fourth-order valence-electron chi connectivity index (χ4n) is 10.2. The molecule has 6 rings (SSSR count). The molecule has 2 nitrogen and oxygen atoms in total. The minimum atomic E-state index is 0.786. The molecule has 0 aromatic carbocycles. The predicted octanol–water partition coefficient (Wildman–Crippen LogP) is 9.89. The third-order valence-corrected chi connectivity index (χ3v) is 12.8. The quantitative estimate of drug-likeness (QED) is 0.295. The minimum absolute atomic E-state index is 0.786. The summed E-state index contributed by atoms with van der Waals surface area (Å²) in [6, 6.07) is 3.16.